The molecule has 0 saturated heterocycles. The SMILES string of the molecule is O=C(O)/C(=C\O)c1ccccc1. The second kappa shape index (κ2) is 3.57. The van der Waals surface area contributed by atoms with Crippen LogP contribution in [0.15, 0.2) is 36.6 Å². The summed E-state index contributed by atoms with van der Waals surface area (Å²) in [7, 11) is 0. The van der Waals surface area contributed by atoms with Crippen molar-refractivity contribution in [3.8, 4) is 0 Å². The fourth-order valence-electron chi connectivity index (χ4n) is 0.871. The number of carboxylic acid groups (broad SMARTS) is 1. The molecule has 0 aliphatic carbocycles. The van der Waals surface area contributed by atoms with Gasteiger partial charge in [-0.05, 0) is 5.56 Å². The van der Waals surface area contributed by atoms with Crippen molar-refractivity contribution in [2.75, 3.05) is 0 Å². The fourth-order valence-corrected chi connectivity index (χ4v) is 0.871. The number of hydrogen-bond acceptors (Lipinski definition) is 2. The summed E-state index contributed by atoms with van der Waals surface area (Å²) in [5.41, 5.74) is 0.392. The Hall–Kier alpha value is -1.77. The number of carbonyl (C=O) groups is 1. The van der Waals surface area contributed by atoms with Crippen molar-refractivity contribution in [2.45, 2.75) is 0 Å². The highest BCUT2D eigenvalue weighted by Crippen LogP contribution is 2.12. The quantitative estimate of drug-likeness (QED) is 0.516. The lowest BCUT2D eigenvalue weighted by Gasteiger charge is -1.98. The topological polar surface area (TPSA) is 57.5 Å². The van der Waals surface area contributed by atoms with E-state index < -0.39 is 5.97 Å². The van der Waals surface area contributed by atoms with Crippen molar-refractivity contribution >= 4 is 11.5 Å². The lowest BCUT2D eigenvalue weighted by Crippen LogP contribution is -1.98. The largest absolute Gasteiger partial charge is 0.515 e. The smallest absolute Gasteiger partial charge is 0.339 e. The molecule has 0 aliphatic heterocycles. The van der Waals surface area contributed by atoms with E-state index in [1.54, 1.807) is 30.3 Å². The molecule has 3 nitrogen and oxygen atoms in total. The highest BCUT2D eigenvalue weighted by atomic mass is 16.4. The summed E-state index contributed by atoms with van der Waals surface area (Å²) in [4.78, 5) is 10.5. The molecule has 0 radical (unpaired) electrons. The van der Waals surface area contributed by atoms with E-state index in [1.807, 2.05) is 0 Å². The fraction of sp³-hybridized carbons (Fsp3) is 0. The average Bonchev–Trinajstić information content (AvgIpc) is 2.07. The Labute approximate surface area is 69.6 Å². The Kier molecular flexibility index (Phi) is 2.48. The second-order valence-corrected chi connectivity index (χ2v) is 2.21. The molecule has 62 valence electrons. The van der Waals surface area contributed by atoms with Gasteiger partial charge in [0.2, 0.25) is 0 Å². The van der Waals surface area contributed by atoms with Crippen LogP contribution in [0.5, 0.6) is 0 Å². The van der Waals surface area contributed by atoms with Gasteiger partial charge in [-0.15, -0.1) is 0 Å². The summed E-state index contributed by atoms with van der Waals surface area (Å²) >= 11 is 0. The first-order valence-corrected chi connectivity index (χ1v) is 3.39. The van der Waals surface area contributed by atoms with E-state index in [4.69, 9.17) is 10.2 Å². The van der Waals surface area contributed by atoms with E-state index in [9.17, 15) is 4.79 Å². The molecule has 0 unspecified atom stereocenters. The van der Waals surface area contributed by atoms with Crippen LogP contribution in [0.25, 0.3) is 5.57 Å². The van der Waals surface area contributed by atoms with E-state index in [-0.39, 0.29) is 5.57 Å². The molecule has 12 heavy (non-hydrogen) atoms. The van der Waals surface area contributed by atoms with Crippen LogP contribution < -0.4 is 0 Å². The Morgan fingerprint density at radius 2 is 1.83 bits per heavy atom. The molecular formula is C9H8O3. The zero-order chi connectivity index (χ0) is 8.97. The lowest BCUT2D eigenvalue weighted by molar-refractivity contribution is -0.130. The van der Waals surface area contributed by atoms with Crippen LogP contribution in [0.1, 0.15) is 5.56 Å². The van der Waals surface area contributed by atoms with Gasteiger partial charge in [0.25, 0.3) is 0 Å². The van der Waals surface area contributed by atoms with Gasteiger partial charge in [-0.1, -0.05) is 30.3 Å². The maximum absolute atomic E-state index is 10.5. The number of hydrogen-bond donors (Lipinski definition) is 2. The zero-order valence-corrected chi connectivity index (χ0v) is 6.27. The Morgan fingerprint density at radius 1 is 1.25 bits per heavy atom. The van der Waals surface area contributed by atoms with E-state index in [0.29, 0.717) is 11.8 Å². The van der Waals surface area contributed by atoms with Crippen LogP contribution >= 0.6 is 0 Å². The number of aliphatic hydroxyl groups is 1. The molecule has 0 heterocycles. The maximum atomic E-state index is 10.5. The van der Waals surface area contributed by atoms with Gasteiger partial charge in [0.05, 0.1) is 6.26 Å². The Bertz CT molecular complexity index is 301. The third-order valence-electron chi connectivity index (χ3n) is 1.44. The van der Waals surface area contributed by atoms with E-state index in [2.05, 4.69) is 0 Å². The molecule has 1 aromatic carbocycles. The number of benzene rings is 1. The molecule has 0 saturated carbocycles. The highest BCUT2D eigenvalue weighted by Gasteiger charge is 2.08. The molecule has 1 rings (SSSR count). The standard InChI is InChI=1S/C9H8O3/c10-6-8(9(11)12)7-4-2-1-3-5-7/h1-6,10H,(H,11,12)/b8-6-. The summed E-state index contributed by atoms with van der Waals surface area (Å²) in [6.07, 6.45) is 0.595. The molecule has 3 heteroatoms. The predicted octanol–water partition coefficient (Wildman–Crippen LogP) is 1.67. The van der Waals surface area contributed by atoms with Crippen LogP contribution in [0.4, 0.5) is 0 Å². The first-order chi connectivity index (χ1) is 5.75. The molecule has 0 amide bonds. The number of aliphatic carboxylic acids is 1. The van der Waals surface area contributed by atoms with Crippen LogP contribution in [0.3, 0.4) is 0 Å². The monoisotopic (exact) mass is 164 g/mol. The molecule has 0 aliphatic rings. The Morgan fingerprint density at radius 3 is 2.25 bits per heavy atom. The van der Waals surface area contributed by atoms with E-state index in [1.165, 1.54) is 0 Å². The van der Waals surface area contributed by atoms with Crippen molar-refractivity contribution in [2.24, 2.45) is 0 Å². The second-order valence-electron chi connectivity index (χ2n) is 2.21. The zero-order valence-electron chi connectivity index (χ0n) is 6.27. The minimum atomic E-state index is -1.14. The minimum absolute atomic E-state index is 0.101. The molecule has 0 aromatic heterocycles. The van der Waals surface area contributed by atoms with Crippen molar-refractivity contribution in [1.29, 1.82) is 0 Å². The molecule has 0 atom stereocenters. The summed E-state index contributed by atoms with van der Waals surface area (Å²) < 4.78 is 0. The number of carboxylic acids is 1. The van der Waals surface area contributed by atoms with Gasteiger partial charge in [0.15, 0.2) is 0 Å². The van der Waals surface area contributed by atoms with Crippen molar-refractivity contribution in [1.82, 2.24) is 0 Å². The third kappa shape index (κ3) is 1.63. The number of aliphatic hydroxyl groups excluding tert-OH is 1. The minimum Gasteiger partial charge on any atom is -0.515 e. The summed E-state index contributed by atoms with van der Waals surface area (Å²) in [5, 5.41) is 17.2. The highest BCUT2D eigenvalue weighted by molar-refractivity contribution is 6.14. The number of rotatable bonds is 2. The van der Waals surface area contributed by atoms with E-state index >= 15 is 0 Å². The van der Waals surface area contributed by atoms with Crippen LogP contribution in [0, 0.1) is 0 Å². The van der Waals surface area contributed by atoms with Crippen molar-refractivity contribution in [3.05, 3.63) is 42.2 Å². The first-order valence-electron chi connectivity index (χ1n) is 3.39. The van der Waals surface area contributed by atoms with Gasteiger partial charge in [0.1, 0.15) is 5.57 Å². The van der Waals surface area contributed by atoms with Crippen molar-refractivity contribution in [3.63, 3.8) is 0 Å². The molecular weight excluding hydrogens is 156 g/mol. The van der Waals surface area contributed by atoms with Gasteiger partial charge in [-0.2, -0.15) is 0 Å². The lowest BCUT2D eigenvalue weighted by atomic mass is 10.1. The third-order valence-corrected chi connectivity index (χ3v) is 1.44. The molecule has 2 N–H and O–H groups in total. The van der Waals surface area contributed by atoms with Gasteiger partial charge in [-0.3, -0.25) is 0 Å². The first kappa shape index (κ1) is 8.33. The summed E-state index contributed by atoms with van der Waals surface area (Å²) in [5.74, 6) is -1.14. The molecule has 1 aromatic rings. The van der Waals surface area contributed by atoms with Crippen LogP contribution in [-0.4, -0.2) is 16.2 Å². The van der Waals surface area contributed by atoms with Crippen molar-refractivity contribution < 1.29 is 15.0 Å². The van der Waals surface area contributed by atoms with Crippen LogP contribution in [0.2, 0.25) is 0 Å². The molecule has 0 spiro atoms. The van der Waals surface area contributed by atoms with Gasteiger partial charge in [0, 0.05) is 0 Å². The van der Waals surface area contributed by atoms with Gasteiger partial charge >= 0.3 is 5.97 Å². The van der Waals surface area contributed by atoms with Gasteiger partial charge < -0.3 is 10.2 Å². The predicted molar refractivity (Wildman–Crippen MR) is 44.7 cm³/mol. The average molecular weight is 164 g/mol. The van der Waals surface area contributed by atoms with Crippen LogP contribution in [-0.2, 0) is 4.79 Å². The van der Waals surface area contributed by atoms with E-state index in [0.717, 1.165) is 0 Å². The Balaban J connectivity index is 3.05. The molecule has 0 bridgehead atoms. The maximum Gasteiger partial charge on any atom is 0.339 e. The normalized spacial score (nSPS) is 11.2. The molecule has 0 fully saturated rings. The summed E-state index contributed by atoms with van der Waals surface area (Å²) in [6.45, 7) is 0. The summed E-state index contributed by atoms with van der Waals surface area (Å²) in [6, 6.07) is 8.44. The van der Waals surface area contributed by atoms with Gasteiger partial charge in [-0.25, -0.2) is 4.79 Å².